The molecule has 0 spiro atoms. The smallest absolute Gasteiger partial charge is 0.223 e. The maximum atomic E-state index is 11.8. The summed E-state index contributed by atoms with van der Waals surface area (Å²) in [5, 5.41) is 9.08. The zero-order chi connectivity index (χ0) is 10.6. The number of hydrogen-bond donors (Lipinski definition) is 1. The molecule has 2 atom stereocenters. The molecule has 1 N–H and O–H groups in total. The molecule has 0 aromatic carbocycles. The number of carbonyl (C=O) groups is 1. The number of rotatable bonds is 4. The van der Waals surface area contributed by atoms with Gasteiger partial charge in [-0.2, -0.15) is 0 Å². The average molecular weight is 199 g/mol. The molecule has 0 bridgehead atoms. The van der Waals surface area contributed by atoms with Crippen molar-refractivity contribution in [3.05, 3.63) is 0 Å². The largest absolute Gasteiger partial charge is 0.394 e. The molecule has 14 heavy (non-hydrogen) atoms. The number of carbonyl (C=O) groups excluding carboxylic acids is 1. The molecule has 1 saturated heterocycles. The Hall–Kier alpha value is -0.570. The molecule has 1 amide bonds. The van der Waals surface area contributed by atoms with Crippen molar-refractivity contribution in [3.8, 4) is 0 Å². The van der Waals surface area contributed by atoms with Gasteiger partial charge in [0.05, 0.1) is 12.6 Å². The fraction of sp³-hybridized carbons (Fsp3) is 0.909. The van der Waals surface area contributed by atoms with Gasteiger partial charge in [-0.05, 0) is 18.8 Å². The fourth-order valence-corrected chi connectivity index (χ4v) is 1.91. The Labute approximate surface area is 86.1 Å². The second-order valence-corrected chi connectivity index (χ2v) is 4.28. The Morgan fingerprint density at radius 1 is 1.64 bits per heavy atom. The standard InChI is InChI=1S/C11H21NO2/c1-3-9(2)7-11(14)12-6-4-5-10(12)8-13/h9-10,13H,3-8H2,1-2H3/t9?,10-/m0/s1. The third kappa shape index (κ3) is 2.71. The average Bonchev–Trinajstić information content (AvgIpc) is 2.65. The molecule has 3 heteroatoms. The first-order chi connectivity index (χ1) is 6.69. The molecule has 0 aromatic rings. The van der Waals surface area contributed by atoms with Gasteiger partial charge in [0.25, 0.3) is 0 Å². The molecule has 3 nitrogen and oxygen atoms in total. The molecule has 1 aliphatic rings. The van der Waals surface area contributed by atoms with Crippen LogP contribution >= 0.6 is 0 Å². The van der Waals surface area contributed by atoms with Crippen molar-refractivity contribution < 1.29 is 9.90 Å². The number of aliphatic hydroxyl groups excluding tert-OH is 1. The highest BCUT2D eigenvalue weighted by molar-refractivity contribution is 5.77. The van der Waals surface area contributed by atoms with Gasteiger partial charge in [-0.3, -0.25) is 4.79 Å². The Balaban J connectivity index is 2.43. The predicted octanol–water partition coefficient (Wildman–Crippen LogP) is 1.41. The third-order valence-electron chi connectivity index (χ3n) is 3.13. The van der Waals surface area contributed by atoms with Crippen molar-refractivity contribution in [2.45, 2.75) is 45.6 Å². The van der Waals surface area contributed by atoms with E-state index >= 15 is 0 Å². The molecule has 0 saturated carbocycles. The van der Waals surface area contributed by atoms with Gasteiger partial charge in [0.2, 0.25) is 5.91 Å². The number of likely N-dealkylation sites (tertiary alicyclic amines) is 1. The summed E-state index contributed by atoms with van der Waals surface area (Å²) in [5.41, 5.74) is 0. The van der Waals surface area contributed by atoms with Crippen molar-refractivity contribution >= 4 is 5.91 Å². The molecular weight excluding hydrogens is 178 g/mol. The topological polar surface area (TPSA) is 40.5 Å². The van der Waals surface area contributed by atoms with Crippen LogP contribution in [0.1, 0.15) is 39.5 Å². The Morgan fingerprint density at radius 2 is 2.36 bits per heavy atom. The van der Waals surface area contributed by atoms with Crippen molar-refractivity contribution in [2.75, 3.05) is 13.2 Å². The SMILES string of the molecule is CCC(C)CC(=O)N1CCC[C@H]1CO. The minimum Gasteiger partial charge on any atom is -0.394 e. The zero-order valence-electron chi connectivity index (χ0n) is 9.20. The van der Waals surface area contributed by atoms with Crippen LogP contribution in [-0.4, -0.2) is 35.1 Å². The van der Waals surface area contributed by atoms with Crippen molar-refractivity contribution in [1.29, 1.82) is 0 Å². The van der Waals surface area contributed by atoms with Crippen LogP contribution in [0.4, 0.5) is 0 Å². The van der Waals surface area contributed by atoms with Gasteiger partial charge in [0.1, 0.15) is 0 Å². The monoisotopic (exact) mass is 199 g/mol. The van der Waals surface area contributed by atoms with E-state index in [9.17, 15) is 4.79 Å². The van der Waals surface area contributed by atoms with Crippen LogP contribution < -0.4 is 0 Å². The lowest BCUT2D eigenvalue weighted by Crippen LogP contribution is -2.38. The van der Waals surface area contributed by atoms with Crippen molar-refractivity contribution in [2.24, 2.45) is 5.92 Å². The highest BCUT2D eigenvalue weighted by Gasteiger charge is 2.28. The summed E-state index contributed by atoms with van der Waals surface area (Å²) in [6.07, 6.45) is 3.68. The first-order valence-corrected chi connectivity index (χ1v) is 5.59. The van der Waals surface area contributed by atoms with Crippen LogP contribution in [0.15, 0.2) is 0 Å². The van der Waals surface area contributed by atoms with E-state index in [1.54, 1.807) is 0 Å². The minimum atomic E-state index is 0.0894. The lowest BCUT2D eigenvalue weighted by atomic mass is 10.0. The summed E-state index contributed by atoms with van der Waals surface area (Å²) >= 11 is 0. The van der Waals surface area contributed by atoms with Crippen LogP contribution in [0, 0.1) is 5.92 Å². The van der Waals surface area contributed by atoms with E-state index in [-0.39, 0.29) is 18.6 Å². The summed E-state index contributed by atoms with van der Waals surface area (Å²) in [4.78, 5) is 13.7. The summed E-state index contributed by atoms with van der Waals surface area (Å²) in [5.74, 6) is 0.679. The number of hydrogen-bond acceptors (Lipinski definition) is 2. The quantitative estimate of drug-likeness (QED) is 0.743. The third-order valence-corrected chi connectivity index (χ3v) is 3.13. The van der Waals surface area contributed by atoms with E-state index in [0.717, 1.165) is 25.8 Å². The van der Waals surface area contributed by atoms with Gasteiger partial charge in [0.15, 0.2) is 0 Å². The van der Waals surface area contributed by atoms with Crippen LogP contribution in [0.5, 0.6) is 0 Å². The first-order valence-electron chi connectivity index (χ1n) is 5.59. The predicted molar refractivity (Wildman–Crippen MR) is 55.9 cm³/mol. The van der Waals surface area contributed by atoms with Crippen LogP contribution in [-0.2, 0) is 4.79 Å². The Morgan fingerprint density at radius 3 is 2.93 bits per heavy atom. The normalized spacial score (nSPS) is 23.9. The maximum Gasteiger partial charge on any atom is 0.223 e. The molecule has 0 radical (unpaired) electrons. The summed E-state index contributed by atoms with van der Waals surface area (Å²) in [6, 6.07) is 0.0894. The molecule has 1 fully saturated rings. The van der Waals surface area contributed by atoms with E-state index in [1.165, 1.54) is 0 Å². The summed E-state index contributed by atoms with van der Waals surface area (Å²) < 4.78 is 0. The maximum absolute atomic E-state index is 11.8. The highest BCUT2D eigenvalue weighted by Crippen LogP contribution is 2.19. The second-order valence-electron chi connectivity index (χ2n) is 4.28. The van der Waals surface area contributed by atoms with Crippen molar-refractivity contribution in [3.63, 3.8) is 0 Å². The lowest BCUT2D eigenvalue weighted by molar-refractivity contribution is -0.133. The van der Waals surface area contributed by atoms with E-state index in [1.807, 2.05) is 4.90 Å². The van der Waals surface area contributed by atoms with E-state index < -0.39 is 0 Å². The first kappa shape index (κ1) is 11.5. The second kappa shape index (κ2) is 5.35. The summed E-state index contributed by atoms with van der Waals surface area (Å²) in [6.45, 7) is 5.15. The van der Waals surface area contributed by atoms with Crippen LogP contribution in [0.25, 0.3) is 0 Å². The van der Waals surface area contributed by atoms with E-state index in [0.29, 0.717) is 12.3 Å². The van der Waals surface area contributed by atoms with Gasteiger partial charge in [-0.1, -0.05) is 20.3 Å². The van der Waals surface area contributed by atoms with Gasteiger partial charge >= 0.3 is 0 Å². The molecule has 1 aliphatic heterocycles. The lowest BCUT2D eigenvalue weighted by Gasteiger charge is -2.24. The van der Waals surface area contributed by atoms with Crippen LogP contribution in [0.2, 0.25) is 0 Å². The molecule has 1 unspecified atom stereocenters. The highest BCUT2D eigenvalue weighted by atomic mass is 16.3. The van der Waals surface area contributed by atoms with Gasteiger partial charge in [-0.15, -0.1) is 0 Å². The minimum absolute atomic E-state index is 0.0894. The van der Waals surface area contributed by atoms with Crippen molar-refractivity contribution in [1.82, 2.24) is 4.90 Å². The molecule has 1 rings (SSSR count). The summed E-state index contributed by atoms with van der Waals surface area (Å²) in [7, 11) is 0. The molecule has 0 aliphatic carbocycles. The molecule has 82 valence electrons. The zero-order valence-corrected chi connectivity index (χ0v) is 9.20. The number of amides is 1. The fourth-order valence-electron chi connectivity index (χ4n) is 1.91. The molecule has 1 heterocycles. The number of aliphatic hydroxyl groups is 1. The Bertz CT molecular complexity index is 194. The van der Waals surface area contributed by atoms with E-state index in [2.05, 4.69) is 13.8 Å². The van der Waals surface area contributed by atoms with Gasteiger partial charge in [0, 0.05) is 13.0 Å². The number of nitrogens with zero attached hydrogens (tertiary/aromatic N) is 1. The van der Waals surface area contributed by atoms with Gasteiger partial charge in [-0.25, -0.2) is 0 Å². The molecule has 0 aromatic heterocycles. The van der Waals surface area contributed by atoms with Gasteiger partial charge < -0.3 is 10.0 Å². The molecular formula is C11H21NO2. The van der Waals surface area contributed by atoms with E-state index in [4.69, 9.17) is 5.11 Å². The Kier molecular flexibility index (Phi) is 4.39. The van der Waals surface area contributed by atoms with Crippen LogP contribution in [0.3, 0.4) is 0 Å².